The van der Waals surface area contributed by atoms with Crippen molar-refractivity contribution in [2.75, 3.05) is 0 Å². The van der Waals surface area contributed by atoms with Crippen molar-refractivity contribution in [1.29, 1.82) is 0 Å². The fourth-order valence-corrected chi connectivity index (χ4v) is 3.20. The summed E-state index contributed by atoms with van der Waals surface area (Å²) in [5.74, 6) is 3.78. The van der Waals surface area contributed by atoms with E-state index < -0.39 is 0 Å². The summed E-state index contributed by atoms with van der Waals surface area (Å²) in [6.45, 7) is 6.19. The highest BCUT2D eigenvalue weighted by molar-refractivity contribution is 5.10. The van der Waals surface area contributed by atoms with Crippen LogP contribution in [0.4, 0.5) is 0 Å². The van der Waals surface area contributed by atoms with Gasteiger partial charge in [0.1, 0.15) is 0 Å². The topological polar surface area (TPSA) is 0 Å². The van der Waals surface area contributed by atoms with Crippen LogP contribution in [0.5, 0.6) is 0 Å². The Kier molecular flexibility index (Phi) is 3.10. The van der Waals surface area contributed by atoms with E-state index in [9.17, 15) is 0 Å². The molecule has 1 saturated carbocycles. The van der Waals surface area contributed by atoms with E-state index in [2.05, 4.69) is 31.7 Å². The predicted octanol–water partition coefficient (Wildman–Crippen LogP) is 4.19. The minimum atomic E-state index is 0.894. The molecule has 2 bridgehead atoms. The van der Waals surface area contributed by atoms with Gasteiger partial charge in [-0.25, -0.2) is 0 Å². The van der Waals surface area contributed by atoms with E-state index in [-0.39, 0.29) is 0 Å². The highest BCUT2D eigenvalue weighted by Gasteiger charge is 2.35. The first-order valence-electron chi connectivity index (χ1n) is 6.08. The number of hydrogen-bond donors (Lipinski definition) is 0. The van der Waals surface area contributed by atoms with Crippen LogP contribution in [0.25, 0.3) is 0 Å². The third-order valence-electron chi connectivity index (χ3n) is 3.99. The van der Waals surface area contributed by atoms with E-state index >= 15 is 0 Å². The molecule has 0 heterocycles. The molecule has 0 aromatic heterocycles. The minimum Gasteiger partial charge on any atom is -0.103 e. The highest BCUT2D eigenvalue weighted by Crippen LogP contribution is 2.46. The fourth-order valence-electron chi connectivity index (χ4n) is 3.20. The van der Waals surface area contributed by atoms with E-state index in [0.29, 0.717) is 0 Å². The molecular formula is C14H22. The van der Waals surface area contributed by atoms with E-state index in [1.54, 1.807) is 0 Å². The van der Waals surface area contributed by atoms with Crippen molar-refractivity contribution in [2.24, 2.45) is 23.7 Å². The third kappa shape index (κ3) is 2.10. The van der Waals surface area contributed by atoms with Gasteiger partial charge in [-0.3, -0.25) is 0 Å². The largest absolute Gasteiger partial charge is 0.103 e. The second-order valence-electron chi connectivity index (χ2n) is 5.25. The monoisotopic (exact) mass is 190 g/mol. The molecule has 0 radical (unpaired) electrons. The Morgan fingerprint density at radius 3 is 2.86 bits per heavy atom. The van der Waals surface area contributed by atoms with Crippen molar-refractivity contribution in [1.82, 2.24) is 0 Å². The molecule has 0 aromatic rings. The van der Waals surface area contributed by atoms with Crippen LogP contribution in [-0.4, -0.2) is 0 Å². The molecular weight excluding hydrogens is 168 g/mol. The van der Waals surface area contributed by atoms with Gasteiger partial charge in [0, 0.05) is 0 Å². The summed E-state index contributed by atoms with van der Waals surface area (Å²) >= 11 is 0. The zero-order valence-electron chi connectivity index (χ0n) is 9.28. The second-order valence-corrected chi connectivity index (χ2v) is 5.25. The predicted molar refractivity (Wildman–Crippen MR) is 62.1 cm³/mol. The molecule has 14 heavy (non-hydrogen) atoms. The molecule has 78 valence electrons. The Balaban J connectivity index is 1.75. The summed E-state index contributed by atoms with van der Waals surface area (Å²) in [6.07, 6.45) is 13.9. The number of hydrogen-bond acceptors (Lipinski definition) is 0. The first-order chi connectivity index (χ1) is 6.79. The van der Waals surface area contributed by atoms with Crippen LogP contribution in [-0.2, 0) is 0 Å². The van der Waals surface area contributed by atoms with Gasteiger partial charge in [0.05, 0.1) is 0 Å². The van der Waals surface area contributed by atoms with Gasteiger partial charge < -0.3 is 0 Å². The second kappa shape index (κ2) is 4.33. The smallest absolute Gasteiger partial charge is 0.0199 e. The summed E-state index contributed by atoms with van der Waals surface area (Å²) in [4.78, 5) is 0. The first kappa shape index (κ1) is 10.0. The maximum absolute atomic E-state index is 3.79. The lowest BCUT2D eigenvalue weighted by atomic mass is 9.84. The Morgan fingerprint density at radius 2 is 2.29 bits per heavy atom. The summed E-state index contributed by atoms with van der Waals surface area (Å²) in [6, 6.07) is 0. The Hall–Kier alpha value is -0.520. The van der Waals surface area contributed by atoms with Gasteiger partial charge in [0.15, 0.2) is 0 Å². The van der Waals surface area contributed by atoms with E-state index in [1.807, 2.05) is 0 Å². The van der Waals surface area contributed by atoms with Gasteiger partial charge >= 0.3 is 0 Å². The maximum Gasteiger partial charge on any atom is -0.0199 e. The van der Waals surface area contributed by atoms with Crippen LogP contribution >= 0.6 is 0 Å². The SMILES string of the molecule is C=CCCC(C)CC1CC2C=CC1C2. The van der Waals surface area contributed by atoms with Crippen molar-refractivity contribution < 1.29 is 0 Å². The van der Waals surface area contributed by atoms with Crippen LogP contribution < -0.4 is 0 Å². The van der Waals surface area contributed by atoms with Gasteiger partial charge in [-0.05, 0) is 55.8 Å². The minimum absolute atomic E-state index is 0.894. The van der Waals surface area contributed by atoms with Crippen molar-refractivity contribution >= 4 is 0 Å². The van der Waals surface area contributed by atoms with E-state index in [1.165, 1.54) is 32.1 Å². The van der Waals surface area contributed by atoms with Gasteiger partial charge in [0.25, 0.3) is 0 Å². The zero-order chi connectivity index (χ0) is 9.97. The molecule has 0 N–H and O–H groups in total. The van der Waals surface area contributed by atoms with Crippen LogP contribution in [0.15, 0.2) is 24.8 Å². The van der Waals surface area contributed by atoms with Gasteiger partial charge in [0.2, 0.25) is 0 Å². The average molecular weight is 190 g/mol. The molecule has 0 spiro atoms. The Morgan fingerprint density at radius 1 is 1.43 bits per heavy atom. The van der Waals surface area contributed by atoms with Crippen molar-refractivity contribution in [3.8, 4) is 0 Å². The molecule has 1 fully saturated rings. The fraction of sp³-hybridized carbons (Fsp3) is 0.714. The lowest BCUT2D eigenvalue weighted by molar-refractivity contribution is 0.334. The van der Waals surface area contributed by atoms with Crippen LogP contribution in [0.3, 0.4) is 0 Å². The zero-order valence-corrected chi connectivity index (χ0v) is 9.28. The summed E-state index contributed by atoms with van der Waals surface area (Å²) in [5.41, 5.74) is 0. The summed E-state index contributed by atoms with van der Waals surface area (Å²) < 4.78 is 0. The molecule has 2 aliphatic rings. The summed E-state index contributed by atoms with van der Waals surface area (Å²) in [5, 5.41) is 0. The highest BCUT2D eigenvalue weighted by atomic mass is 14.4. The number of allylic oxidation sites excluding steroid dienone is 3. The molecule has 0 aromatic carbocycles. The molecule has 0 saturated heterocycles. The first-order valence-corrected chi connectivity index (χ1v) is 6.08. The normalized spacial score (nSPS) is 36.2. The lowest BCUT2D eigenvalue weighted by Crippen LogP contribution is -2.11. The Labute approximate surface area is 88.1 Å². The van der Waals surface area contributed by atoms with Crippen molar-refractivity contribution in [3.63, 3.8) is 0 Å². The van der Waals surface area contributed by atoms with E-state index in [0.717, 1.165) is 23.7 Å². The van der Waals surface area contributed by atoms with Gasteiger partial charge in [-0.15, -0.1) is 6.58 Å². The molecule has 0 amide bonds. The average Bonchev–Trinajstić information content (AvgIpc) is 2.76. The number of rotatable bonds is 5. The molecule has 4 atom stereocenters. The third-order valence-corrected chi connectivity index (χ3v) is 3.99. The van der Waals surface area contributed by atoms with Gasteiger partial charge in [-0.1, -0.05) is 25.2 Å². The maximum atomic E-state index is 3.79. The van der Waals surface area contributed by atoms with Crippen LogP contribution in [0, 0.1) is 23.7 Å². The number of fused-ring (bicyclic) bond motifs is 2. The van der Waals surface area contributed by atoms with Gasteiger partial charge in [-0.2, -0.15) is 0 Å². The molecule has 2 aliphatic carbocycles. The van der Waals surface area contributed by atoms with Crippen LogP contribution in [0.1, 0.15) is 39.0 Å². The van der Waals surface area contributed by atoms with Crippen molar-refractivity contribution in [3.05, 3.63) is 24.8 Å². The lowest BCUT2D eigenvalue weighted by Gasteiger charge is -2.21. The standard InChI is InChI=1S/C14H22/c1-3-4-5-11(2)8-14-10-12-6-7-13(14)9-12/h3,6-7,11-14H,1,4-5,8-10H2,2H3. The molecule has 0 aliphatic heterocycles. The molecule has 4 unspecified atom stereocenters. The summed E-state index contributed by atoms with van der Waals surface area (Å²) in [7, 11) is 0. The van der Waals surface area contributed by atoms with Crippen LogP contribution in [0.2, 0.25) is 0 Å². The Bertz CT molecular complexity index is 226. The molecule has 2 rings (SSSR count). The molecule has 0 heteroatoms. The molecule has 0 nitrogen and oxygen atoms in total. The van der Waals surface area contributed by atoms with E-state index in [4.69, 9.17) is 0 Å². The quantitative estimate of drug-likeness (QED) is 0.570. The van der Waals surface area contributed by atoms with Crippen molar-refractivity contribution in [2.45, 2.75) is 39.0 Å².